The van der Waals surface area contributed by atoms with Crippen molar-refractivity contribution in [1.29, 1.82) is 0 Å². The molecule has 3 heterocycles. The van der Waals surface area contributed by atoms with Gasteiger partial charge >= 0.3 is 0 Å². The molecular weight excluding hydrogens is 530 g/mol. The molecule has 2 aromatic heterocycles. The summed E-state index contributed by atoms with van der Waals surface area (Å²) in [5, 5.41) is 10.7. The van der Waals surface area contributed by atoms with Gasteiger partial charge in [-0.3, -0.25) is 14.4 Å². The van der Waals surface area contributed by atoms with Crippen LogP contribution in [0.25, 0.3) is 16.9 Å². The first kappa shape index (κ1) is 26.9. The second-order valence-electron chi connectivity index (χ2n) is 9.46. The van der Waals surface area contributed by atoms with Gasteiger partial charge in [0.25, 0.3) is 11.8 Å². The average Bonchev–Trinajstić information content (AvgIpc) is 3.41. The molecule has 1 saturated heterocycles. The van der Waals surface area contributed by atoms with E-state index in [0.717, 1.165) is 0 Å². The van der Waals surface area contributed by atoms with Gasteiger partial charge in [0.15, 0.2) is 5.69 Å². The smallest absolute Gasteiger partial charge is 0.274 e. The average molecular weight is 558 g/mol. The zero-order chi connectivity index (χ0) is 28.2. The molecule has 2 aromatic carbocycles. The molecule has 1 aliphatic rings. The van der Waals surface area contributed by atoms with Gasteiger partial charge in [0.2, 0.25) is 5.91 Å². The van der Waals surface area contributed by atoms with Crippen LogP contribution in [0.1, 0.15) is 33.7 Å². The van der Waals surface area contributed by atoms with E-state index < -0.39 is 17.7 Å². The summed E-state index contributed by atoms with van der Waals surface area (Å²) in [7, 11) is 1.78. The molecule has 3 amide bonds. The minimum absolute atomic E-state index is 0.136. The number of carbonyl (C=O) groups excluding carboxylic acids is 3. The van der Waals surface area contributed by atoms with Crippen molar-refractivity contribution in [2.24, 2.45) is 11.7 Å². The fraction of sp³-hybridized carbons (Fsp3) is 0.207. The second-order valence-corrected chi connectivity index (χ2v) is 9.87. The number of nitrogens with one attached hydrogen (secondary N) is 2. The van der Waals surface area contributed by atoms with Crippen molar-refractivity contribution in [3.8, 4) is 16.9 Å². The SMILES string of the molecule is CNc1cccc(-c2ccc(Cl)c(C(=O)Nc3cc(C(=O)N4CCCC(C(N)=O)C4)nn3-c3ccccc3)c2)n1. The van der Waals surface area contributed by atoms with Crippen molar-refractivity contribution in [3.63, 3.8) is 0 Å². The Kier molecular flexibility index (Phi) is 7.79. The maximum atomic E-state index is 13.5. The topological polar surface area (TPSA) is 135 Å². The molecule has 1 atom stereocenters. The summed E-state index contributed by atoms with van der Waals surface area (Å²) in [6, 6.07) is 21.3. The number of anilines is 2. The molecule has 0 aliphatic carbocycles. The van der Waals surface area contributed by atoms with E-state index in [1.807, 2.05) is 48.5 Å². The number of primary amides is 1. The standard InChI is InChI=1S/C29H28ClN7O3/c1-32-25-11-5-10-23(33-25)18-12-13-22(30)21(15-18)28(39)34-26-16-24(35-37(26)20-8-3-2-4-9-20)29(40)36-14-6-7-19(17-36)27(31)38/h2-5,8-13,15-16,19H,6-7,14,17H2,1H3,(H2,31,38)(H,32,33)(H,34,39). The molecule has 0 spiro atoms. The zero-order valence-corrected chi connectivity index (χ0v) is 22.6. The first-order chi connectivity index (χ1) is 19.3. The predicted molar refractivity (Wildman–Crippen MR) is 154 cm³/mol. The van der Waals surface area contributed by atoms with Crippen LogP contribution in [-0.4, -0.2) is 57.5 Å². The fourth-order valence-electron chi connectivity index (χ4n) is 4.67. The van der Waals surface area contributed by atoms with Crippen molar-refractivity contribution in [3.05, 3.63) is 89.1 Å². The minimum Gasteiger partial charge on any atom is -0.373 e. The number of halogens is 1. The minimum atomic E-state index is -0.473. The maximum absolute atomic E-state index is 13.5. The molecule has 0 radical (unpaired) electrons. The summed E-state index contributed by atoms with van der Waals surface area (Å²) < 4.78 is 1.50. The van der Waals surface area contributed by atoms with Crippen LogP contribution >= 0.6 is 11.6 Å². The predicted octanol–water partition coefficient (Wildman–Crippen LogP) is 4.22. The summed E-state index contributed by atoms with van der Waals surface area (Å²) in [5.74, 6) is -0.651. The van der Waals surface area contributed by atoms with Gasteiger partial charge in [-0.15, -0.1) is 0 Å². The van der Waals surface area contributed by atoms with E-state index in [4.69, 9.17) is 17.3 Å². The van der Waals surface area contributed by atoms with Crippen molar-refractivity contribution in [1.82, 2.24) is 19.7 Å². The molecule has 4 aromatic rings. The Balaban J connectivity index is 1.46. The van der Waals surface area contributed by atoms with E-state index >= 15 is 0 Å². The Morgan fingerprint density at radius 1 is 1.02 bits per heavy atom. The number of aromatic nitrogens is 3. The summed E-state index contributed by atoms with van der Waals surface area (Å²) in [6.07, 6.45) is 1.32. The van der Waals surface area contributed by atoms with Gasteiger partial charge in [-0.1, -0.05) is 41.9 Å². The van der Waals surface area contributed by atoms with Crippen molar-refractivity contribution < 1.29 is 14.4 Å². The number of nitrogens with zero attached hydrogens (tertiary/aromatic N) is 4. The Bertz CT molecular complexity index is 1570. The van der Waals surface area contributed by atoms with Crippen LogP contribution in [-0.2, 0) is 4.79 Å². The monoisotopic (exact) mass is 557 g/mol. The Labute approximate surface area is 236 Å². The van der Waals surface area contributed by atoms with Crippen LogP contribution in [0.15, 0.2) is 72.8 Å². The van der Waals surface area contributed by atoms with Gasteiger partial charge in [0.1, 0.15) is 11.6 Å². The van der Waals surface area contributed by atoms with E-state index in [-0.39, 0.29) is 28.7 Å². The number of carbonyl (C=O) groups is 3. The van der Waals surface area contributed by atoms with E-state index in [9.17, 15) is 14.4 Å². The summed E-state index contributed by atoms with van der Waals surface area (Å²) in [4.78, 5) is 44.7. The molecule has 204 valence electrons. The van der Waals surface area contributed by atoms with Crippen LogP contribution in [0.3, 0.4) is 0 Å². The molecule has 40 heavy (non-hydrogen) atoms. The number of hydrogen-bond acceptors (Lipinski definition) is 6. The molecule has 0 bridgehead atoms. The zero-order valence-electron chi connectivity index (χ0n) is 21.8. The van der Waals surface area contributed by atoms with Gasteiger partial charge in [-0.2, -0.15) is 5.10 Å². The number of para-hydroxylation sites is 1. The quantitative estimate of drug-likeness (QED) is 0.311. The highest BCUT2D eigenvalue weighted by atomic mass is 35.5. The van der Waals surface area contributed by atoms with Crippen LogP contribution in [0.5, 0.6) is 0 Å². The van der Waals surface area contributed by atoms with E-state index in [0.29, 0.717) is 48.0 Å². The van der Waals surface area contributed by atoms with Crippen LogP contribution in [0.2, 0.25) is 5.02 Å². The van der Waals surface area contributed by atoms with E-state index in [1.165, 1.54) is 10.7 Å². The normalized spacial score (nSPS) is 14.9. The van der Waals surface area contributed by atoms with Crippen LogP contribution < -0.4 is 16.4 Å². The number of benzene rings is 2. The lowest BCUT2D eigenvalue weighted by Gasteiger charge is -2.30. The summed E-state index contributed by atoms with van der Waals surface area (Å²) in [6.45, 7) is 0.729. The maximum Gasteiger partial charge on any atom is 0.274 e. The Hall–Kier alpha value is -4.70. The van der Waals surface area contributed by atoms with Gasteiger partial charge < -0.3 is 21.3 Å². The lowest BCUT2D eigenvalue weighted by molar-refractivity contribution is -0.123. The molecule has 1 fully saturated rings. The third-order valence-electron chi connectivity index (χ3n) is 6.79. The van der Waals surface area contributed by atoms with Crippen molar-refractivity contribution >= 4 is 41.0 Å². The summed E-state index contributed by atoms with van der Waals surface area (Å²) >= 11 is 6.44. The number of rotatable bonds is 7. The highest BCUT2D eigenvalue weighted by molar-refractivity contribution is 6.34. The summed E-state index contributed by atoms with van der Waals surface area (Å²) in [5.41, 5.74) is 7.92. The van der Waals surface area contributed by atoms with Crippen molar-refractivity contribution in [2.45, 2.75) is 12.8 Å². The highest BCUT2D eigenvalue weighted by Crippen LogP contribution is 2.27. The van der Waals surface area contributed by atoms with Gasteiger partial charge in [-0.25, -0.2) is 9.67 Å². The van der Waals surface area contributed by atoms with Gasteiger partial charge in [0, 0.05) is 31.8 Å². The van der Waals surface area contributed by atoms with Crippen LogP contribution in [0.4, 0.5) is 11.6 Å². The first-order valence-corrected chi connectivity index (χ1v) is 13.2. The van der Waals surface area contributed by atoms with Crippen molar-refractivity contribution in [2.75, 3.05) is 30.8 Å². The second kappa shape index (κ2) is 11.6. The molecule has 1 aliphatic heterocycles. The Morgan fingerprint density at radius 2 is 1.82 bits per heavy atom. The first-order valence-electron chi connectivity index (χ1n) is 12.8. The molecule has 1 unspecified atom stereocenters. The molecule has 0 saturated carbocycles. The number of nitrogens with two attached hydrogens (primary N) is 1. The number of amides is 3. The molecule has 11 heteroatoms. The van der Waals surface area contributed by atoms with E-state index in [2.05, 4.69) is 20.7 Å². The third-order valence-corrected chi connectivity index (χ3v) is 7.12. The highest BCUT2D eigenvalue weighted by Gasteiger charge is 2.29. The lowest BCUT2D eigenvalue weighted by Crippen LogP contribution is -2.44. The molecule has 5 rings (SSSR count). The van der Waals surface area contributed by atoms with Crippen LogP contribution in [0, 0.1) is 5.92 Å². The lowest BCUT2D eigenvalue weighted by atomic mass is 9.97. The molecular formula is C29H28ClN7O3. The van der Waals surface area contributed by atoms with Gasteiger partial charge in [0.05, 0.1) is 27.9 Å². The fourth-order valence-corrected chi connectivity index (χ4v) is 4.88. The number of likely N-dealkylation sites (tertiary alicyclic amines) is 1. The number of hydrogen-bond donors (Lipinski definition) is 3. The molecule has 10 nitrogen and oxygen atoms in total. The van der Waals surface area contributed by atoms with E-state index in [1.54, 1.807) is 30.1 Å². The van der Waals surface area contributed by atoms with Gasteiger partial charge in [-0.05, 0) is 49.2 Å². The number of piperidine rings is 1. The molecule has 4 N–H and O–H groups in total. The Morgan fingerprint density at radius 3 is 2.58 bits per heavy atom. The third kappa shape index (κ3) is 5.67. The largest absolute Gasteiger partial charge is 0.373 e. The number of pyridine rings is 1.